The first-order chi connectivity index (χ1) is 3.41. The van der Waals surface area contributed by atoms with Gasteiger partial charge in [-0.2, -0.15) is 0 Å². The molecule has 0 radical (unpaired) electrons. The summed E-state index contributed by atoms with van der Waals surface area (Å²) in [6.07, 6.45) is 0. The predicted molar refractivity (Wildman–Crippen MR) is 38.5 cm³/mol. The molecule has 1 aliphatic heterocycles. The van der Waals surface area contributed by atoms with Crippen molar-refractivity contribution < 1.29 is 8.42 Å². The van der Waals surface area contributed by atoms with Crippen molar-refractivity contribution in [2.24, 2.45) is 5.73 Å². The second kappa shape index (κ2) is 2.11. The van der Waals surface area contributed by atoms with E-state index >= 15 is 0 Å². The van der Waals surface area contributed by atoms with Gasteiger partial charge in [0.25, 0.3) is 0 Å². The van der Waals surface area contributed by atoms with Gasteiger partial charge in [-0.25, -0.2) is 8.42 Å². The largest absolute Gasteiger partial charge is 0.324 e. The second-order valence-electron chi connectivity index (χ2n) is 2.69. The maximum Gasteiger partial charge on any atom is 0.153 e. The Balaban J connectivity index is 0.000000640. The van der Waals surface area contributed by atoms with Crippen LogP contribution in [0.15, 0.2) is 0 Å². The topological polar surface area (TPSA) is 60.2 Å². The molecule has 0 aromatic rings. The minimum Gasteiger partial charge on any atom is -0.324 e. The molecule has 1 saturated heterocycles. The third kappa shape index (κ3) is 2.12. The van der Waals surface area contributed by atoms with Crippen molar-refractivity contribution in [2.45, 2.75) is 12.5 Å². The van der Waals surface area contributed by atoms with Crippen LogP contribution in [0.3, 0.4) is 0 Å². The summed E-state index contributed by atoms with van der Waals surface area (Å²) >= 11 is 0. The second-order valence-corrected chi connectivity index (χ2v) is 4.75. The van der Waals surface area contributed by atoms with Gasteiger partial charge in [-0.3, -0.25) is 0 Å². The summed E-state index contributed by atoms with van der Waals surface area (Å²) in [5.41, 5.74) is 4.99. The molecule has 0 spiro atoms. The normalized spacial score (nSPS) is 27.8. The summed E-state index contributed by atoms with van der Waals surface area (Å²) in [5, 5.41) is 0. The highest BCUT2D eigenvalue weighted by atomic mass is 35.5. The third-order valence-corrected chi connectivity index (χ3v) is 3.30. The quantitative estimate of drug-likeness (QED) is 0.538. The lowest BCUT2D eigenvalue weighted by Crippen LogP contribution is -2.59. The van der Waals surface area contributed by atoms with Gasteiger partial charge in [0.1, 0.15) is 0 Å². The summed E-state index contributed by atoms with van der Waals surface area (Å²) in [7, 11) is -2.71. The van der Waals surface area contributed by atoms with Crippen LogP contribution in [0.2, 0.25) is 0 Å². The Morgan fingerprint density at radius 1 is 1.44 bits per heavy atom. The van der Waals surface area contributed by atoms with Gasteiger partial charge in [0.05, 0.1) is 11.5 Å². The number of rotatable bonds is 0. The lowest BCUT2D eigenvalue weighted by Gasteiger charge is -2.33. The van der Waals surface area contributed by atoms with Gasteiger partial charge < -0.3 is 5.73 Å². The molecule has 0 unspecified atom stereocenters. The molecule has 2 N–H and O–H groups in total. The zero-order chi connectivity index (χ0) is 6.41. The Hall–Kier alpha value is 0.200. The molecule has 0 aliphatic carbocycles. The van der Waals surface area contributed by atoms with Crippen LogP contribution in [0.4, 0.5) is 0 Å². The van der Waals surface area contributed by atoms with E-state index in [2.05, 4.69) is 0 Å². The van der Waals surface area contributed by atoms with Crippen LogP contribution in [0.5, 0.6) is 0 Å². The van der Waals surface area contributed by atoms with Crippen LogP contribution in [0.25, 0.3) is 0 Å². The van der Waals surface area contributed by atoms with Crippen molar-refractivity contribution in [1.82, 2.24) is 0 Å². The Labute approximate surface area is 60.9 Å². The number of hydrogen-bond donors (Lipinski definition) is 1. The van der Waals surface area contributed by atoms with Crippen LogP contribution in [0, 0.1) is 0 Å². The van der Waals surface area contributed by atoms with Crippen molar-refractivity contribution in [1.29, 1.82) is 0 Å². The summed E-state index contributed by atoms with van der Waals surface area (Å²) in [6.45, 7) is 1.74. The number of sulfone groups is 1. The van der Waals surface area contributed by atoms with E-state index in [1.165, 1.54) is 0 Å². The molecule has 0 aromatic heterocycles. The molecule has 1 rings (SSSR count). The molecular formula is C4H10ClNO2S. The highest BCUT2D eigenvalue weighted by molar-refractivity contribution is 7.93. The molecule has 56 valence electrons. The Morgan fingerprint density at radius 2 is 1.78 bits per heavy atom. The van der Waals surface area contributed by atoms with Crippen LogP contribution < -0.4 is 5.73 Å². The molecule has 1 heterocycles. The van der Waals surface area contributed by atoms with E-state index in [9.17, 15) is 8.42 Å². The number of nitrogens with two attached hydrogens (primary N) is 1. The third-order valence-electron chi connectivity index (χ3n) is 1.10. The highest BCUT2D eigenvalue weighted by Crippen LogP contribution is 2.18. The van der Waals surface area contributed by atoms with Crippen molar-refractivity contribution in [3.05, 3.63) is 0 Å². The fourth-order valence-corrected chi connectivity index (χ4v) is 2.89. The first kappa shape index (κ1) is 9.20. The average Bonchev–Trinajstić information content (AvgIpc) is 1.20. The smallest absolute Gasteiger partial charge is 0.153 e. The average molecular weight is 172 g/mol. The summed E-state index contributed by atoms with van der Waals surface area (Å²) in [6, 6.07) is 0. The van der Waals surface area contributed by atoms with Crippen molar-refractivity contribution >= 4 is 22.2 Å². The van der Waals surface area contributed by atoms with Gasteiger partial charge in [0.2, 0.25) is 0 Å². The molecule has 0 bridgehead atoms. The van der Waals surface area contributed by atoms with Crippen LogP contribution in [-0.2, 0) is 9.84 Å². The van der Waals surface area contributed by atoms with Gasteiger partial charge in [0.15, 0.2) is 9.84 Å². The lowest BCUT2D eigenvalue weighted by atomic mass is 10.1. The van der Waals surface area contributed by atoms with E-state index in [0.717, 1.165) is 0 Å². The van der Waals surface area contributed by atoms with Crippen LogP contribution in [-0.4, -0.2) is 25.5 Å². The zero-order valence-corrected chi connectivity index (χ0v) is 6.76. The molecule has 3 nitrogen and oxygen atoms in total. The summed E-state index contributed by atoms with van der Waals surface area (Å²) in [5.74, 6) is 0.306. The first-order valence-electron chi connectivity index (χ1n) is 2.41. The molecule has 5 heteroatoms. The van der Waals surface area contributed by atoms with Gasteiger partial charge >= 0.3 is 0 Å². The SMILES string of the molecule is CC1(N)CS(=O)(=O)C1.Cl. The number of halogens is 1. The zero-order valence-electron chi connectivity index (χ0n) is 5.12. The number of hydrogen-bond acceptors (Lipinski definition) is 3. The maximum atomic E-state index is 10.4. The molecule has 0 saturated carbocycles. The van der Waals surface area contributed by atoms with Gasteiger partial charge in [0, 0.05) is 5.54 Å². The fourth-order valence-electron chi connectivity index (χ4n) is 0.962. The Bertz CT molecular complexity index is 183. The minimum absolute atomic E-state index is 0. The molecular weight excluding hydrogens is 162 g/mol. The molecule has 0 atom stereocenters. The van der Waals surface area contributed by atoms with Gasteiger partial charge in [-0.15, -0.1) is 12.4 Å². The molecule has 1 fully saturated rings. The van der Waals surface area contributed by atoms with E-state index in [1.807, 2.05) is 0 Å². The predicted octanol–water partition coefficient (Wildman–Crippen LogP) is -0.446. The molecule has 0 aromatic carbocycles. The van der Waals surface area contributed by atoms with Gasteiger partial charge in [-0.1, -0.05) is 0 Å². The van der Waals surface area contributed by atoms with E-state index in [4.69, 9.17) is 5.73 Å². The summed E-state index contributed by atoms with van der Waals surface area (Å²) < 4.78 is 20.8. The van der Waals surface area contributed by atoms with E-state index < -0.39 is 15.4 Å². The molecule has 0 amide bonds. The first-order valence-corrected chi connectivity index (χ1v) is 4.23. The maximum absolute atomic E-state index is 10.4. The monoisotopic (exact) mass is 171 g/mol. The lowest BCUT2D eigenvalue weighted by molar-refractivity contribution is 0.489. The standard InChI is InChI=1S/C4H9NO2S.ClH/c1-4(5)2-8(6,7)3-4;/h2-3,5H2,1H3;1H. The van der Waals surface area contributed by atoms with Crippen molar-refractivity contribution in [3.8, 4) is 0 Å². The minimum atomic E-state index is -2.71. The van der Waals surface area contributed by atoms with Gasteiger partial charge in [-0.05, 0) is 6.92 Å². The molecule has 1 aliphatic rings. The Kier molecular flexibility index (Phi) is 2.16. The van der Waals surface area contributed by atoms with Crippen LogP contribution >= 0.6 is 12.4 Å². The van der Waals surface area contributed by atoms with E-state index in [0.29, 0.717) is 0 Å². The summed E-state index contributed by atoms with van der Waals surface area (Å²) in [4.78, 5) is 0. The fraction of sp³-hybridized carbons (Fsp3) is 1.00. The Morgan fingerprint density at radius 3 is 1.78 bits per heavy atom. The highest BCUT2D eigenvalue weighted by Gasteiger charge is 2.40. The molecule has 9 heavy (non-hydrogen) atoms. The van der Waals surface area contributed by atoms with Crippen molar-refractivity contribution in [2.75, 3.05) is 11.5 Å². The van der Waals surface area contributed by atoms with E-state index in [1.54, 1.807) is 6.92 Å². The van der Waals surface area contributed by atoms with E-state index in [-0.39, 0.29) is 23.9 Å². The van der Waals surface area contributed by atoms with Crippen molar-refractivity contribution in [3.63, 3.8) is 0 Å². The van der Waals surface area contributed by atoms with Crippen LogP contribution in [0.1, 0.15) is 6.92 Å².